The number of halogens is 2. The van der Waals surface area contributed by atoms with Crippen LogP contribution in [0.15, 0.2) is 42.5 Å². The Morgan fingerprint density at radius 3 is 2.42 bits per heavy atom. The number of ketones is 1. The van der Waals surface area contributed by atoms with E-state index in [9.17, 15) is 4.79 Å². The molecule has 0 heterocycles. The average Bonchev–Trinajstić information content (AvgIpc) is 2.42. The van der Waals surface area contributed by atoms with Gasteiger partial charge in [0, 0.05) is 17.0 Å². The molecule has 2 rings (SSSR count). The summed E-state index contributed by atoms with van der Waals surface area (Å²) in [5, 5.41) is 0.922. The Morgan fingerprint density at radius 1 is 1.11 bits per heavy atom. The fraction of sp³-hybridized carbons (Fsp3) is 0.133. The molecule has 0 aliphatic carbocycles. The minimum atomic E-state index is -0.0577. The molecule has 0 N–H and O–H groups in total. The van der Waals surface area contributed by atoms with Gasteiger partial charge in [-0.05, 0) is 35.9 Å². The second-order valence-corrected chi connectivity index (χ2v) is 4.92. The summed E-state index contributed by atoms with van der Waals surface area (Å²) in [4.78, 5) is 12.2. The molecule has 0 saturated heterocycles. The van der Waals surface area contributed by atoms with Gasteiger partial charge in [-0.15, -0.1) is 0 Å². The van der Waals surface area contributed by atoms with Gasteiger partial charge in [0.15, 0.2) is 5.78 Å². The highest BCUT2D eigenvalue weighted by atomic mass is 35.5. The number of ether oxygens (including phenoxy) is 1. The van der Waals surface area contributed by atoms with E-state index in [1.165, 1.54) is 0 Å². The summed E-state index contributed by atoms with van der Waals surface area (Å²) in [7, 11) is 1.60. The summed E-state index contributed by atoms with van der Waals surface area (Å²) >= 11 is 11.9. The highest BCUT2D eigenvalue weighted by molar-refractivity contribution is 6.35. The van der Waals surface area contributed by atoms with Crippen molar-refractivity contribution in [1.29, 1.82) is 0 Å². The Kier molecular flexibility index (Phi) is 4.46. The molecule has 0 radical (unpaired) electrons. The average molecular weight is 295 g/mol. The zero-order valence-electron chi connectivity index (χ0n) is 10.3. The Labute approximate surface area is 121 Å². The van der Waals surface area contributed by atoms with E-state index in [4.69, 9.17) is 27.9 Å². The van der Waals surface area contributed by atoms with Crippen LogP contribution in [0.5, 0.6) is 5.75 Å². The maximum Gasteiger partial charge on any atom is 0.168 e. The number of methoxy groups -OCH3 is 1. The first-order valence-corrected chi connectivity index (χ1v) is 6.47. The lowest BCUT2D eigenvalue weighted by Crippen LogP contribution is -2.04. The Bertz CT molecular complexity index is 592. The van der Waals surface area contributed by atoms with Crippen molar-refractivity contribution in [2.75, 3.05) is 7.11 Å². The molecule has 0 spiro atoms. The van der Waals surface area contributed by atoms with Gasteiger partial charge in [0.05, 0.1) is 12.1 Å². The second-order valence-electron chi connectivity index (χ2n) is 4.07. The fourth-order valence-corrected chi connectivity index (χ4v) is 2.13. The van der Waals surface area contributed by atoms with E-state index < -0.39 is 0 Å². The zero-order valence-corrected chi connectivity index (χ0v) is 11.8. The van der Waals surface area contributed by atoms with Crippen LogP contribution in [0.2, 0.25) is 10.0 Å². The van der Waals surface area contributed by atoms with Crippen LogP contribution in [-0.2, 0) is 6.42 Å². The first-order valence-electron chi connectivity index (χ1n) is 5.71. The minimum absolute atomic E-state index is 0.0577. The smallest absolute Gasteiger partial charge is 0.168 e. The molecule has 0 amide bonds. The molecule has 0 saturated carbocycles. The van der Waals surface area contributed by atoms with E-state index in [2.05, 4.69) is 0 Å². The predicted octanol–water partition coefficient (Wildman–Crippen LogP) is 4.43. The highest BCUT2D eigenvalue weighted by Gasteiger charge is 2.11. The van der Waals surface area contributed by atoms with Crippen LogP contribution >= 0.6 is 23.2 Å². The Hall–Kier alpha value is -1.51. The first kappa shape index (κ1) is 13.9. The largest absolute Gasteiger partial charge is 0.497 e. The van der Waals surface area contributed by atoms with Gasteiger partial charge in [-0.2, -0.15) is 0 Å². The standard InChI is InChI=1S/C15H12Cl2O2/c1-19-12-5-2-10(3-6-12)8-15(18)13-9-11(16)4-7-14(13)17/h2-7,9H,8H2,1H3. The maximum atomic E-state index is 12.2. The molecule has 4 heteroatoms. The van der Waals surface area contributed by atoms with Gasteiger partial charge in [0.25, 0.3) is 0 Å². The Balaban J connectivity index is 2.18. The summed E-state index contributed by atoms with van der Waals surface area (Å²) < 4.78 is 5.07. The molecule has 0 bridgehead atoms. The van der Waals surface area contributed by atoms with E-state index in [-0.39, 0.29) is 12.2 Å². The van der Waals surface area contributed by atoms with Crippen LogP contribution in [0.3, 0.4) is 0 Å². The van der Waals surface area contributed by atoms with Crippen molar-refractivity contribution in [2.24, 2.45) is 0 Å². The maximum absolute atomic E-state index is 12.2. The van der Waals surface area contributed by atoms with Crippen LogP contribution in [0.25, 0.3) is 0 Å². The van der Waals surface area contributed by atoms with E-state index >= 15 is 0 Å². The van der Waals surface area contributed by atoms with Gasteiger partial charge in [0.1, 0.15) is 5.75 Å². The SMILES string of the molecule is COc1ccc(CC(=O)c2cc(Cl)ccc2Cl)cc1. The number of hydrogen-bond donors (Lipinski definition) is 0. The van der Waals surface area contributed by atoms with Crippen molar-refractivity contribution in [3.05, 3.63) is 63.6 Å². The lowest BCUT2D eigenvalue weighted by molar-refractivity contribution is 0.0993. The Morgan fingerprint density at radius 2 is 1.79 bits per heavy atom. The lowest BCUT2D eigenvalue weighted by atomic mass is 10.0. The van der Waals surface area contributed by atoms with Gasteiger partial charge in [0.2, 0.25) is 0 Å². The zero-order chi connectivity index (χ0) is 13.8. The molecule has 0 fully saturated rings. The fourth-order valence-electron chi connectivity index (χ4n) is 1.74. The van der Waals surface area contributed by atoms with Crippen LogP contribution < -0.4 is 4.74 Å². The molecule has 0 aliphatic rings. The van der Waals surface area contributed by atoms with Gasteiger partial charge in [-0.3, -0.25) is 4.79 Å². The van der Waals surface area contributed by atoms with Crippen molar-refractivity contribution in [3.63, 3.8) is 0 Å². The lowest BCUT2D eigenvalue weighted by Gasteiger charge is -2.05. The van der Waals surface area contributed by atoms with Crippen LogP contribution in [0.4, 0.5) is 0 Å². The van der Waals surface area contributed by atoms with Crippen molar-refractivity contribution in [2.45, 2.75) is 6.42 Å². The third-order valence-corrected chi connectivity index (χ3v) is 3.32. The molecule has 2 aromatic rings. The minimum Gasteiger partial charge on any atom is -0.497 e. The number of rotatable bonds is 4. The third-order valence-electron chi connectivity index (χ3n) is 2.75. The molecule has 0 unspecified atom stereocenters. The number of hydrogen-bond acceptors (Lipinski definition) is 2. The highest BCUT2D eigenvalue weighted by Crippen LogP contribution is 2.22. The van der Waals surface area contributed by atoms with E-state index in [0.29, 0.717) is 15.6 Å². The molecule has 2 aromatic carbocycles. The number of carbonyl (C=O) groups excluding carboxylic acids is 1. The second kappa shape index (κ2) is 6.09. The predicted molar refractivity (Wildman–Crippen MR) is 77.5 cm³/mol. The van der Waals surface area contributed by atoms with E-state index in [0.717, 1.165) is 11.3 Å². The molecular weight excluding hydrogens is 283 g/mol. The molecule has 0 aliphatic heterocycles. The van der Waals surface area contributed by atoms with Crippen LogP contribution in [-0.4, -0.2) is 12.9 Å². The monoisotopic (exact) mass is 294 g/mol. The van der Waals surface area contributed by atoms with E-state index in [1.807, 2.05) is 24.3 Å². The van der Waals surface area contributed by atoms with Crippen molar-refractivity contribution < 1.29 is 9.53 Å². The topological polar surface area (TPSA) is 26.3 Å². The summed E-state index contributed by atoms with van der Waals surface area (Å²) in [6, 6.07) is 12.2. The number of Topliss-reactive ketones (excluding diaryl/α,β-unsaturated/α-hetero) is 1. The summed E-state index contributed by atoms with van der Waals surface area (Å²) in [5.74, 6) is 0.703. The van der Waals surface area contributed by atoms with Gasteiger partial charge in [-0.25, -0.2) is 0 Å². The van der Waals surface area contributed by atoms with Crippen molar-refractivity contribution in [1.82, 2.24) is 0 Å². The van der Waals surface area contributed by atoms with E-state index in [1.54, 1.807) is 25.3 Å². The molecule has 19 heavy (non-hydrogen) atoms. The van der Waals surface area contributed by atoms with Gasteiger partial charge >= 0.3 is 0 Å². The van der Waals surface area contributed by atoms with Crippen molar-refractivity contribution >= 4 is 29.0 Å². The normalized spacial score (nSPS) is 10.3. The summed E-state index contributed by atoms with van der Waals surface area (Å²) in [5.41, 5.74) is 1.35. The quantitative estimate of drug-likeness (QED) is 0.780. The summed E-state index contributed by atoms with van der Waals surface area (Å²) in [6.07, 6.45) is 0.282. The van der Waals surface area contributed by atoms with Crippen LogP contribution in [0, 0.1) is 0 Å². The first-order chi connectivity index (χ1) is 9.10. The van der Waals surface area contributed by atoms with Gasteiger partial charge < -0.3 is 4.74 Å². The number of carbonyl (C=O) groups is 1. The molecule has 0 atom stereocenters. The molecular formula is C15H12Cl2O2. The third kappa shape index (κ3) is 3.49. The molecule has 98 valence electrons. The van der Waals surface area contributed by atoms with Crippen molar-refractivity contribution in [3.8, 4) is 5.75 Å². The summed E-state index contributed by atoms with van der Waals surface area (Å²) in [6.45, 7) is 0. The number of benzene rings is 2. The van der Waals surface area contributed by atoms with Crippen LogP contribution in [0.1, 0.15) is 15.9 Å². The molecule has 0 aromatic heterocycles. The molecule has 2 nitrogen and oxygen atoms in total. The van der Waals surface area contributed by atoms with Gasteiger partial charge in [-0.1, -0.05) is 35.3 Å².